The fraction of sp³-hybridized carbons (Fsp3) is 0.769. The van der Waals surface area contributed by atoms with Gasteiger partial charge in [-0.05, 0) is 71.3 Å². The quantitative estimate of drug-likeness (QED) is 0.0501. The molecule has 42 heavy (non-hydrogen) atoms. The lowest BCUT2D eigenvalue weighted by molar-refractivity contribution is -0.150. The molecular formula is C26H47N9O7. The first-order valence-corrected chi connectivity index (χ1v) is 14.5. The number of carboxylic acids is 1. The first kappa shape index (κ1) is 34.7. The van der Waals surface area contributed by atoms with Crippen molar-refractivity contribution in [2.24, 2.45) is 27.9 Å². The Morgan fingerprint density at radius 3 is 2.00 bits per heavy atom. The van der Waals surface area contributed by atoms with E-state index >= 15 is 0 Å². The van der Waals surface area contributed by atoms with Crippen LogP contribution in [0.4, 0.5) is 0 Å². The van der Waals surface area contributed by atoms with Gasteiger partial charge in [-0.25, -0.2) is 4.79 Å². The number of carbonyl (C=O) groups is 5. The molecule has 2 saturated heterocycles. The number of nitrogens with two attached hydrogens (primary N) is 4. The van der Waals surface area contributed by atoms with E-state index in [2.05, 4.69) is 15.6 Å². The summed E-state index contributed by atoms with van der Waals surface area (Å²) in [6.07, 6.45) is 2.48. The molecule has 4 amide bonds. The Morgan fingerprint density at radius 2 is 1.45 bits per heavy atom. The van der Waals surface area contributed by atoms with Crippen LogP contribution < -0.4 is 33.6 Å². The second-order valence-corrected chi connectivity index (χ2v) is 10.8. The topological polar surface area (TPSA) is 273 Å². The van der Waals surface area contributed by atoms with Crippen molar-refractivity contribution in [1.29, 1.82) is 0 Å². The van der Waals surface area contributed by atoms with Crippen molar-refractivity contribution in [3.63, 3.8) is 0 Å². The van der Waals surface area contributed by atoms with Gasteiger partial charge in [-0.1, -0.05) is 0 Å². The van der Waals surface area contributed by atoms with Gasteiger partial charge in [0.2, 0.25) is 23.6 Å². The molecule has 0 aliphatic carbocycles. The predicted molar refractivity (Wildman–Crippen MR) is 153 cm³/mol. The van der Waals surface area contributed by atoms with Crippen LogP contribution in [-0.2, 0) is 24.0 Å². The third-order valence-electron chi connectivity index (χ3n) is 7.60. The van der Waals surface area contributed by atoms with Crippen LogP contribution >= 0.6 is 0 Å². The molecule has 16 heteroatoms. The summed E-state index contributed by atoms with van der Waals surface area (Å²) >= 11 is 0. The highest BCUT2D eigenvalue weighted by atomic mass is 16.4. The van der Waals surface area contributed by atoms with Gasteiger partial charge in [-0.15, -0.1) is 0 Å². The van der Waals surface area contributed by atoms with Crippen LogP contribution in [-0.4, -0.2) is 118 Å². The van der Waals surface area contributed by atoms with E-state index in [1.165, 1.54) is 16.7 Å². The highest BCUT2D eigenvalue weighted by molar-refractivity contribution is 5.96. The number of hydrogen-bond donors (Lipinski definition) is 8. The minimum Gasteiger partial charge on any atom is -0.480 e. The summed E-state index contributed by atoms with van der Waals surface area (Å²) in [5, 5.41) is 24.6. The van der Waals surface area contributed by atoms with Crippen molar-refractivity contribution < 1.29 is 34.2 Å². The fourth-order valence-corrected chi connectivity index (χ4v) is 5.26. The first-order valence-electron chi connectivity index (χ1n) is 14.5. The van der Waals surface area contributed by atoms with Crippen LogP contribution in [0.1, 0.15) is 64.7 Å². The van der Waals surface area contributed by atoms with Crippen molar-refractivity contribution in [2.75, 3.05) is 26.2 Å². The van der Waals surface area contributed by atoms with Crippen LogP contribution in [0.25, 0.3) is 0 Å². The number of rotatable bonds is 16. The third kappa shape index (κ3) is 9.80. The van der Waals surface area contributed by atoms with Crippen LogP contribution in [0.5, 0.6) is 0 Å². The molecule has 2 heterocycles. The van der Waals surface area contributed by atoms with E-state index in [4.69, 9.17) is 22.9 Å². The molecule has 2 aliphatic rings. The standard InChI is InChI=1S/C26H47N9O7/c1-15(36)20(28)22(38)33-16(7-2-3-11-27)23(39)34-13-5-9-18(34)21(37)32-17(8-4-12-31-26(29)30)24(40)35-14-6-10-19(35)25(41)42/h15-20,36H,2-14,27-28H2,1H3,(H,32,37)(H,33,38)(H,41,42)(H4,29,30,31). The van der Waals surface area contributed by atoms with E-state index in [-0.39, 0.29) is 38.4 Å². The minimum absolute atomic E-state index is 0.116. The maximum Gasteiger partial charge on any atom is 0.326 e. The van der Waals surface area contributed by atoms with Crippen molar-refractivity contribution in [2.45, 2.75) is 101 Å². The summed E-state index contributed by atoms with van der Waals surface area (Å²) in [5.41, 5.74) is 22.1. The van der Waals surface area contributed by atoms with E-state index < -0.39 is 65.9 Å². The first-order chi connectivity index (χ1) is 19.9. The molecule has 12 N–H and O–H groups in total. The number of unbranched alkanes of at least 4 members (excludes halogenated alkanes) is 1. The number of nitrogens with zero attached hydrogens (tertiary/aromatic N) is 3. The van der Waals surface area contributed by atoms with Crippen molar-refractivity contribution in [1.82, 2.24) is 20.4 Å². The lowest BCUT2D eigenvalue weighted by atomic mass is 10.0. The van der Waals surface area contributed by atoms with Crippen LogP contribution in [0.3, 0.4) is 0 Å². The Labute approximate surface area is 245 Å². The number of likely N-dealkylation sites (tertiary alicyclic amines) is 2. The summed E-state index contributed by atoms with van der Waals surface area (Å²) in [6, 6.07) is -5.16. The molecule has 0 spiro atoms. The number of aliphatic hydroxyl groups is 1. The second kappa shape index (κ2) is 16.8. The maximum atomic E-state index is 13.6. The smallest absolute Gasteiger partial charge is 0.326 e. The zero-order valence-corrected chi connectivity index (χ0v) is 24.2. The van der Waals surface area contributed by atoms with Gasteiger partial charge < -0.3 is 53.6 Å². The van der Waals surface area contributed by atoms with Crippen molar-refractivity contribution >= 4 is 35.6 Å². The second-order valence-electron chi connectivity index (χ2n) is 10.8. The number of aliphatic carboxylic acids is 1. The highest BCUT2D eigenvalue weighted by Gasteiger charge is 2.41. The summed E-state index contributed by atoms with van der Waals surface area (Å²) in [7, 11) is 0. The summed E-state index contributed by atoms with van der Waals surface area (Å²) in [6.45, 7) is 2.49. The number of carboxylic acid groups (broad SMARTS) is 1. The van der Waals surface area contributed by atoms with Gasteiger partial charge in [0.25, 0.3) is 0 Å². The van der Waals surface area contributed by atoms with E-state index in [1.54, 1.807) is 0 Å². The molecule has 0 aromatic heterocycles. The van der Waals surface area contributed by atoms with Gasteiger partial charge >= 0.3 is 5.97 Å². The maximum absolute atomic E-state index is 13.6. The summed E-state index contributed by atoms with van der Waals surface area (Å²) in [4.78, 5) is 71.4. The number of nitrogens with one attached hydrogen (secondary N) is 2. The van der Waals surface area contributed by atoms with Gasteiger partial charge in [0.1, 0.15) is 30.2 Å². The van der Waals surface area contributed by atoms with Crippen molar-refractivity contribution in [3.8, 4) is 0 Å². The molecule has 16 nitrogen and oxygen atoms in total. The monoisotopic (exact) mass is 597 g/mol. The molecule has 2 rings (SSSR count). The molecule has 0 saturated carbocycles. The molecule has 0 radical (unpaired) electrons. The summed E-state index contributed by atoms with van der Waals surface area (Å²) in [5.74, 6) is -3.47. The van der Waals surface area contributed by atoms with Gasteiger partial charge in [0.15, 0.2) is 5.96 Å². The Kier molecular flexibility index (Phi) is 13.9. The normalized spacial score (nSPS) is 21.2. The fourth-order valence-electron chi connectivity index (χ4n) is 5.26. The van der Waals surface area contributed by atoms with Crippen molar-refractivity contribution in [3.05, 3.63) is 0 Å². The number of aliphatic hydroxyl groups excluding tert-OH is 1. The van der Waals surface area contributed by atoms with Gasteiger partial charge in [0, 0.05) is 19.6 Å². The molecule has 6 unspecified atom stereocenters. The molecule has 6 atom stereocenters. The van der Waals surface area contributed by atoms with Gasteiger partial charge in [-0.3, -0.25) is 24.2 Å². The number of hydrogen-bond acceptors (Lipinski definition) is 9. The predicted octanol–water partition coefficient (Wildman–Crippen LogP) is -3.09. The van der Waals surface area contributed by atoms with Crippen LogP contribution in [0.15, 0.2) is 4.99 Å². The lowest BCUT2D eigenvalue weighted by Crippen LogP contribution is -2.58. The van der Waals surface area contributed by atoms with E-state index in [0.717, 1.165) is 0 Å². The number of carbonyl (C=O) groups excluding carboxylic acids is 4. The molecule has 0 aromatic rings. The Bertz CT molecular complexity index is 989. The largest absolute Gasteiger partial charge is 0.480 e. The van der Waals surface area contributed by atoms with Crippen LogP contribution in [0, 0.1) is 0 Å². The van der Waals surface area contributed by atoms with Gasteiger partial charge in [-0.2, -0.15) is 0 Å². The lowest BCUT2D eigenvalue weighted by Gasteiger charge is -2.31. The zero-order chi connectivity index (χ0) is 31.4. The average molecular weight is 598 g/mol. The molecule has 2 fully saturated rings. The Hall–Kier alpha value is -3.50. The number of amides is 4. The molecular weight excluding hydrogens is 550 g/mol. The zero-order valence-electron chi connectivity index (χ0n) is 24.2. The molecule has 0 bridgehead atoms. The molecule has 0 aromatic carbocycles. The van der Waals surface area contributed by atoms with E-state index in [1.807, 2.05) is 0 Å². The SMILES string of the molecule is CC(O)C(N)C(=O)NC(CCCCN)C(=O)N1CCCC1C(=O)NC(CCCN=C(N)N)C(=O)N1CCCC1C(=O)O. The highest BCUT2D eigenvalue weighted by Crippen LogP contribution is 2.22. The Morgan fingerprint density at radius 1 is 0.905 bits per heavy atom. The number of guanidine groups is 1. The average Bonchev–Trinajstić information content (AvgIpc) is 3.63. The third-order valence-corrected chi connectivity index (χ3v) is 7.60. The van der Waals surface area contributed by atoms with Crippen LogP contribution in [0.2, 0.25) is 0 Å². The van der Waals surface area contributed by atoms with Gasteiger partial charge in [0.05, 0.1) is 6.10 Å². The minimum atomic E-state index is -1.24. The summed E-state index contributed by atoms with van der Waals surface area (Å²) < 4.78 is 0. The Balaban J connectivity index is 2.21. The molecule has 238 valence electrons. The molecule has 2 aliphatic heterocycles. The van der Waals surface area contributed by atoms with E-state index in [9.17, 15) is 34.2 Å². The number of aliphatic imine (C=N–C) groups is 1. The van der Waals surface area contributed by atoms with E-state index in [0.29, 0.717) is 51.5 Å².